The maximum atomic E-state index is 11.9. The van der Waals surface area contributed by atoms with Gasteiger partial charge in [0, 0.05) is 30.5 Å². The number of carbonyl (C=O) groups is 1. The van der Waals surface area contributed by atoms with Crippen LogP contribution < -0.4 is 20.1 Å². The van der Waals surface area contributed by atoms with Crippen molar-refractivity contribution in [3.8, 4) is 11.5 Å². The Labute approximate surface area is 201 Å². The van der Waals surface area contributed by atoms with Crippen molar-refractivity contribution in [2.24, 2.45) is 0 Å². The lowest BCUT2D eigenvalue weighted by Crippen LogP contribution is -2.28. The lowest BCUT2D eigenvalue weighted by molar-refractivity contribution is 0.200. The van der Waals surface area contributed by atoms with Crippen LogP contribution in [0.3, 0.4) is 0 Å². The number of anilines is 1. The molecule has 1 aliphatic carbocycles. The van der Waals surface area contributed by atoms with Gasteiger partial charge in [0.25, 0.3) is 0 Å². The van der Waals surface area contributed by atoms with Gasteiger partial charge in [0.2, 0.25) is 0 Å². The number of urea groups is 1. The predicted octanol–water partition coefficient (Wildman–Crippen LogP) is 5.93. The number of aromatic nitrogens is 1. The number of methoxy groups -OCH3 is 1. The van der Waals surface area contributed by atoms with E-state index in [0.717, 1.165) is 47.6 Å². The maximum Gasteiger partial charge on any atom is 0.319 e. The first-order valence-corrected chi connectivity index (χ1v) is 12.0. The monoisotopic (exact) mass is 459 g/mol. The molecule has 1 aliphatic rings. The van der Waals surface area contributed by atoms with Crippen LogP contribution in [-0.2, 0) is 6.42 Å². The van der Waals surface area contributed by atoms with E-state index < -0.39 is 0 Å². The number of hydrogen-bond donors (Lipinski definition) is 2. The first-order valence-electron chi connectivity index (χ1n) is 12.0. The number of hydrogen-bond acceptors (Lipinski definition) is 4. The van der Waals surface area contributed by atoms with Crippen LogP contribution in [0.25, 0.3) is 0 Å². The predicted molar refractivity (Wildman–Crippen MR) is 135 cm³/mol. The Morgan fingerprint density at radius 2 is 1.71 bits per heavy atom. The molecule has 0 spiro atoms. The number of benzene rings is 2. The summed E-state index contributed by atoms with van der Waals surface area (Å²) in [4.78, 5) is 16.0. The van der Waals surface area contributed by atoms with Crippen LogP contribution in [-0.4, -0.2) is 30.8 Å². The third-order valence-corrected chi connectivity index (χ3v) is 6.28. The minimum absolute atomic E-state index is 0.109. The van der Waals surface area contributed by atoms with Crippen molar-refractivity contribution in [3.05, 3.63) is 83.7 Å². The molecule has 2 aromatic carbocycles. The van der Waals surface area contributed by atoms with Gasteiger partial charge >= 0.3 is 6.03 Å². The van der Waals surface area contributed by atoms with Crippen molar-refractivity contribution in [1.82, 2.24) is 10.3 Å². The first-order chi connectivity index (χ1) is 16.7. The second kappa shape index (κ2) is 11.5. The van der Waals surface area contributed by atoms with E-state index in [2.05, 4.69) is 52.0 Å². The molecule has 2 amide bonds. The largest absolute Gasteiger partial charge is 0.493 e. The minimum Gasteiger partial charge on any atom is -0.493 e. The summed E-state index contributed by atoms with van der Waals surface area (Å²) < 4.78 is 12.0. The summed E-state index contributed by atoms with van der Waals surface area (Å²) in [7, 11) is 1.69. The van der Waals surface area contributed by atoms with Gasteiger partial charge in [-0.2, -0.15) is 0 Å². The van der Waals surface area contributed by atoms with Gasteiger partial charge in [-0.1, -0.05) is 18.2 Å². The number of amides is 2. The smallest absolute Gasteiger partial charge is 0.319 e. The molecule has 1 fully saturated rings. The molecule has 4 rings (SSSR count). The Bertz CT molecular complexity index is 1060. The lowest BCUT2D eigenvalue weighted by atomic mass is 9.86. The fourth-order valence-electron chi connectivity index (χ4n) is 4.51. The van der Waals surface area contributed by atoms with Crippen molar-refractivity contribution < 1.29 is 14.3 Å². The summed E-state index contributed by atoms with van der Waals surface area (Å²) in [5, 5.41) is 5.62. The summed E-state index contributed by atoms with van der Waals surface area (Å²) in [5.74, 6) is 1.68. The van der Waals surface area contributed by atoms with Crippen molar-refractivity contribution in [1.29, 1.82) is 0 Å². The van der Waals surface area contributed by atoms with Crippen molar-refractivity contribution in [2.75, 3.05) is 19.0 Å². The van der Waals surface area contributed by atoms with Crippen molar-refractivity contribution in [2.45, 2.75) is 51.0 Å². The normalized spacial score (nSPS) is 14.4. The fraction of sp³-hybridized carbons (Fsp3) is 0.357. The molecule has 2 N–H and O–H groups in total. The highest BCUT2D eigenvalue weighted by Gasteiger charge is 2.21. The second-order valence-electron chi connectivity index (χ2n) is 8.65. The Balaban J connectivity index is 1.64. The molecule has 1 saturated carbocycles. The van der Waals surface area contributed by atoms with Crippen LogP contribution in [0.2, 0.25) is 0 Å². The number of nitrogens with zero attached hydrogens (tertiary/aromatic N) is 1. The van der Waals surface area contributed by atoms with Gasteiger partial charge in [-0.25, -0.2) is 4.79 Å². The highest BCUT2D eigenvalue weighted by Crippen LogP contribution is 2.37. The third-order valence-electron chi connectivity index (χ3n) is 6.28. The zero-order valence-corrected chi connectivity index (χ0v) is 19.9. The van der Waals surface area contributed by atoms with Crippen LogP contribution in [0, 0.1) is 0 Å². The van der Waals surface area contributed by atoms with Crippen LogP contribution >= 0.6 is 0 Å². The molecule has 178 valence electrons. The van der Waals surface area contributed by atoms with E-state index in [1.165, 1.54) is 18.4 Å². The van der Waals surface area contributed by atoms with E-state index in [4.69, 9.17) is 9.47 Å². The molecule has 0 bridgehead atoms. The van der Waals surface area contributed by atoms with Gasteiger partial charge < -0.3 is 20.1 Å². The Morgan fingerprint density at radius 3 is 2.38 bits per heavy atom. The Kier molecular flexibility index (Phi) is 8.02. The number of ether oxygens (including phenoxy) is 2. The molecule has 0 aliphatic heterocycles. The molecule has 0 saturated heterocycles. The quantitative estimate of drug-likeness (QED) is 0.416. The molecule has 6 nitrogen and oxygen atoms in total. The summed E-state index contributed by atoms with van der Waals surface area (Å²) in [6, 6.07) is 18.2. The zero-order chi connectivity index (χ0) is 23.8. The molecule has 6 heteroatoms. The van der Waals surface area contributed by atoms with Gasteiger partial charge in [-0.3, -0.25) is 4.98 Å². The van der Waals surface area contributed by atoms with E-state index >= 15 is 0 Å². The summed E-state index contributed by atoms with van der Waals surface area (Å²) in [6.45, 7) is 2.48. The first kappa shape index (κ1) is 23.6. The molecule has 3 aromatic rings. The number of rotatable bonds is 9. The molecule has 1 atom stereocenters. The van der Waals surface area contributed by atoms with Gasteiger partial charge in [-0.05, 0) is 92.1 Å². The molecular formula is C28H33N3O3. The number of pyridine rings is 1. The topological polar surface area (TPSA) is 72.5 Å². The Morgan fingerprint density at radius 1 is 1.00 bits per heavy atom. The standard InChI is InChI=1S/C28H33N3O3/c1-3-30-28(32)31-23-11-8-21(9-12-23)25(18-20-14-16-29-17-15-20)22-10-13-26(33-2)27(19-22)34-24-6-4-5-7-24/h8-17,19,24-25H,3-7,18H2,1-2H3,(H2,30,31,32)/t25-/m0/s1. The molecule has 34 heavy (non-hydrogen) atoms. The van der Waals surface area contributed by atoms with Gasteiger partial charge in [0.05, 0.1) is 13.2 Å². The summed E-state index contributed by atoms with van der Waals surface area (Å²) in [5.41, 5.74) is 4.29. The SMILES string of the molecule is CCNC(=O)Nc1ccc([C@H](Cc2ccncc2)c2ccc(OC)c(OC3CCCC3)c2)cc1. The highest BCUT2D eigenvalue weighted by atomic mass is 16.5. The van der Waals surface area contributed by atoms with Gasteiger partial charge in [0.1, 0.15) is 0 Å². The molecular weight excluding hydrogens is 426 g/mol. The van der Waals surface area contributed by atoms with Gasteiger partial charge in [-0.15, -0.1) is 0 Å². The molecule has 1 aromatic heterocycles. The average Bonchev–Trinajstić information content (AvgIpc) is 3.37. The highest BCUT2D eigenvalue weighted by molar-refractivity contribution is 5.89. The van der Waals surface area contributed by atoms with Crippen molar-refractivity contribution in [3.63, 3.8) is 0 Å². The maximum absolute atomic E-state index is 11.9. The van der Waals surface area contributed by atoms with Crippen LogP contribution in [0.15, 0.2) is 67.0 Å². The molecule has 0 unspecified atom stereocenters. The van der Waals surface area contributed by atoms with E-state index in [1.807, 2.05) is 37.5 Å². The van der Waals surface area contributed by atoms with Crippen LogP contribution in [0.4, 0.5) is 10.5 Å². The van der Waals surface area contributed by atoms with E-state index in [1.54, 1.807) is 7.11 Å². The Hall–Kier alpha value is -3.54. The zero-order valence-electron chi connectivity index (χ0n) is 19.9. The minimum atomic E-state index is -0.201. The van der Waals surface area contributed by atoms with E-state index in [-0.39, 0.29) is 18.1 Å². The molecule has 1 heterocycles. The van der Waals surface area contributed by atoms with Crippen LogP contribution in [0.5, 0.6) is 11.5 Å². The number of nitrogens with one attached hydrogen (secondary N) is 2. The van der Waals surface area contributed by atoms with Crippen LogP contribution in [0.1, 0.15) is 55.2 Å². The van der Waals surface area contributed by atoms with E-state index in [0.29, 0.717) is 6.54 Å². The van der Waals surface area contributed by atoms with E-state index in [9.17, 15) is 4.79 Å². The molecule has 0 radical (unpaired) electrons. The average molecular weight is 460 g/mol. The number of carbonyl (C=O) groups excluding carboxylic acids is 1. The summed E-state index contributed by atoms with van der Waals surface area (Å²) >= 11 is 0. The second-order valence-corrected chi connectivity index (χ2v) is 8.65. The summed E-state index contributed by atoms with van der Waals surface area (Å²) in [6.07, 6.45) is 9.34. The lowest BCUT2D eigenvalue weighted by Gasteiger charge is -2.22. The van der Waals surface area contributed by atoms with Gasteiger partial charge in [0.15, 0.2) is 11.5 Å². The third kappa shape index (κ3) is 6.07. The fourth-order valence-corrected chi connectivity index (χ4v) is 4.51. The van der Waals surface area contributed by atoms with Crippen molar-refractivity contribution >= 4 is 11.7 Å².